The van der Waals surface area contributed by atoms with Gasteiger partial charge in [-0.05, 0) is 26.8 Å². The summed E-state index contributed by atoms with van der Waals surface area (Å²) in [6.07, 6.45) is 6.32. The maximum Gasteiger partial charge on any atom is 0.114 e. The van der Waals surface area contributed by atoms with E-state index in [0.717, 1.165) is 23.7 Å². The van der Waals surface area contributed by atoms with E-state index in [1.807, 2.05) is 0 Å². The Morgan fingerprint density at radius 3 is 2.78 bits per heavy atom. The van der Waals surface area contributed by atoms with Crippen molar-refractivity contribution in [3.8, 4) is 0 Å². The van der Waals surface area contributed by atoms with Crippen LogP contribution in [0.3, 0.4) is 0 Å². The molecule has 0 aliphatic carbocycles. The second-order valence-corrected chi connectivity index (χ2v) is 5.71. The van der Waals surface area contributed by atoms with Crippen LogP contribution in [0.5, 0.6) is 0 Å². The summed E-state index contributed by atoms with van der Waals surface area (Å²) in [5, 5.41) is 4.49. The number of hydrogen-bond acceptors (Lipinski definition) is 5. The summed E-state index contributed by atoms with van der Waals surface area (Å²) >= 11 is 1.71. The maximum atomic E-state index is 5.57. The van der Waals surface area contributed by atoms with Gasteiger partial charge in [0.25, 0.3) is 0 Å². The van der Waals surface area contributed by atoms with Crippen LogP contribution in [-0.4, -0.2) is 41.0 Å². The van der Waals surface area contributed by atoms with Crippen molar-refractivity contribution in [2.45, 2.75) is 43.9 Å². The van der Waals surface area contributed by atoms with Crippen LogP contribution in [0.25, 0.3) is 0 Å². The van der Waals surface area contributed by atoms with Crippen LogP contribution in [0.4, 0.5) is 0 Å². The van der Waals surface area contributed by atoms with Crippen molar-refractivity contribution in [3.63, 3.8) is 0 Å². The number of rotatable bonds is 8. The molecule has 1 N–H and O–H groups in total. The van der Waals surface area contributed by atoms with Gasteiger partial charge < -0.3 is 10.1 Å². The normalized spacial score (nSPS) is 13.6. The third-order valence-electron chi connectivity index (χ3n) is 2.94. The molecule has 102 valence electrons. The van der Waals surface area contributed by atoms with Gasteiger partial charge in [0.05, 0.1) is 11.8 Å². The highest BCUT2D eigenvalue weighted by Crippen LogP contribution is 2.22. The van der Waals surface area contributed by atoms with Crippen molar-refractivity contribution in [3.05, 3.63) is 18.6 Å². The molecular weight excluding hydrogens is 246 g/mol. The molecule has 0 saturated heterocycles. The van der Waals surface area contributed by atoms with Crippen LogP contribution in [0.1, 0.15) is 27.2 Å². The van der Waals surface area contributed by atoms with Gasteiger partial charge in [0.1, 0.15) is 5.03 Å². The zero-order chi connectivity index (χ0) is 13.4. The molecule has 1 aromatic rings. The molecule has 0 aliphatic heterocycles. The van der Waals surface area contributed by atoms with Crippen molar-refractivity contribution < 1.29 is 4.74 Å². The molecule has 0 radical (unpaired) electrons. The summed E-state index contributed by atoms with van der Waals surface area (Å²) in [6, 6.07) is 0.287. The number of ether oxygens (including phenoxy) is 1. The number of aromatic nitrogens is 2. The first-order valence-electron chi connectivity index (χ1n) is 6.27. The smallest absolute Gasteiger partial charge is 0.114 e. The number of methoxy groups -OCH3 is 1. The molecule has 1 unspecified atom stereocenters. The van der Waals surface area contributed by atoms with Crippen molar-refractivity contribution in [2.24, 2.45) is 0 Å². The van der Waals surface area contributed by atoms with Crippen molar-refractivity contribution in [2.75, 3.05) is 19.4 Å². The van der Waals surface area contributed by atoms with Gasteiger partial charge in [-0.15, -0.1) is 11.8 Å². The third-order valence-corrected chi connectivity index (χ3v) is 3.95. The minimum atomic E-state index is -0.190. The van der Waals surface area contributed by atoms with Crippen molar-refractivity contribution in [1.29, 1.82) is 0 Å². The highest BCUT2D eigenvalue weighted by atomic mass is 32.2. The first-order valence-corrected chi connectivity index (χ1v) is 7.26. The lowest BCUT2D eigenvalue weighted by atomic mass is 10.0. The Bertz CT molecular complexity index is 332. The van der Waals surface area contributed by atoms with E-state index in [4.69, 9.17) is 4.74 Å². The van der Waals surface area contributed by atoms with Gasteiger partial charge in [-0.25, -0.2) is 4.98 Å². The fourth-order valence-corrected chi connectivity index (χ4v) is 2.62. The molecule has 18 heavy (non-hydrogen) atoms. The van der Waals surface area contributed by atoms with E-state index in [9.17, 15) is 0 Å². The molecule has 1 aromatic heterocycles. The molecule has 1 heterocycles. The van der Waals surface area contributed by atoms with Gasteiger partial charge in [-0.2, -0.15) is 0 Å². The van der Waals surface area contributed by atoms with Crippen LogP contribution in [0, 0.1) is 0 Å². The van der Waals surface area contributed by atoms with Crippen molar-refractivity contribution >= 4 is 11.8 Å². The molecule has 1 rings (SSSR count). The Morgan fingerprint density at radius 2 is 2.22 bits per heavy atom. The monoisotopic (exact) mass is 269 g/mol. The Kier molecular flexibility index (Phi) is 6.60. The summed E-state index contributed by atoms with van der Waals surface area (Å²) in [6.45, 7) is 7.38. The fraction of sp³-hybridized carbons (Fsp3) is 0.692. The van der Waals surface area contributed by atoms with Crippen LogP contribution in [-0.2, 0) is 4.74 Å². The Labute approximate surface area is 114 Å². The number of nitrogens with one attached hydrogen (secondary N) is 1. The first kappa shape index (κ1) is 15.4. The third kappa shape index (κ3) is 4.92. The van der Waals surface area contributed by atoms with Gasteiger partial charge in [-0.1, -0.05) is 6.92 Å². The van der Waals surface area contributed by atoms with E-state index in [2.05, 4.69) is 36.1 Å². The summed E-state index contributed by atoms with van der Waals surface area (Å²) < 4.78 is 5.57. The maximum absolute atomic E-state index is 5.57. The van der Waals surface area contributed by atoms with Gasteiger partial charge >= 0.3 is 0 Å². The molecule has 0 saturated carbocycles. The van der Waals surface area contributed by atoms with Gasteiger partial charge in [0.2, 0.25) is 0 Å². The molecule has 0 aliphatic rings. The lowest BCUT2D eigenvalue weighted by Crippen LogP contribution is -2.50. The molecule has 0 amide bonds. The van der Waals surface area contributed by atoms with E-state index in [1.165, 1.54) is 0 Å². The molecule has 0 aromatic carbocycles. The summed E-state index contributed by atoms with van der Waals surface area (Å²) in [5.41, 5.74) is -0.190. The molecule has 1 atom stereocenters. The van der Waals surface area contributed by atoms with E-state index in [-0.39, 0.29) is 11.6 Å². The molecule has 0 spiro atoms. The minimum absolute atomic E-state index is 0.190. The molecule has 5 heteroatoms. The lowest BCUT2D eigenvalue weighted by molar-refractivity contribution is -0.00345. The van der Waals surface area contributed by atoms with E-state index < -0.39 is 0 Å². The van der Waals surface area contributed by atoms with Crippen LogP contribution in [0.2, 0.25) is 0 Å². The highest BCUT2D eigenvalue weighted by molar-refractivity contribution is 7.99. The Morgan fingerprint density at radius 1 is 1.44 bits per heavy atom. The van der Waals surface area contributed by atoms with E-state index in [1.54, 1.807) is 37.5 Å². The Hall–Kier alpha value is -0.650. The van der Waals surface area contributed by atoms with E-state index >= 15 is 0 Å². The van der Waals surface area contributed by atoms with Crippen LogP contribution < -0.4 is 5.32 Å². The first-order chi connectivity index (χ1) is 8.60. The number of nitrogens with zero attached hydrogens (tertiary/aromatic N) is 2. The number of hydrogen-bond donors (Lipinski definition) is 1. The number of thioether (sulfide) groups is 1. The van der Waals surface area contributed by atoms with Crippen LogP contribution in [0.15, 0.2) is 23.6 Å². The second-order valence-electron chi connectivity index (χ2n) is 4.67. The molecule has 0 fully saturated rings. The SMILES string of the molecule is CCCNC(CSc1cnccn1)C(C)(C)OC. The average Bonchev–Trinajstić information content (AvgIpc) is 2.39. The molecular formula is C13H23N3OS. The summed E-state index contributed by atoms with van der Waals surface area (Å²) in [4.78, 5) is 8.34. The van der Waals surface area contributed by atoms with Gasteiger partial charge in [0.15, 0.2) is 0 Å². The summed E-state index contributed by atoms with van der Waals surface area (Å²) in [7, 11) is 1.76. The average molecular weight is 269 g/mol. The van der Waals surface area contributed by atoms with Crippen molar-refractivity contribution in [1.82, 2.24) is 15.3 Å². The lowest BCUT2D eigenvalue weighted by Gasteiger charge is -2.33. The fourth-order valence-electron chi connectivity index (χ4n) is 1.49. The van der Waals surface area contributed by atoms with Gasteiger partial charge in [-0.3, -0.25) is 4.98 Å². The standard InChI is InChI=1S/C13H23N3OS/c1-5-6-15-11(13(2,3)17-4)10-18-12-9-14-7-8-16-12/h7-9,11,15H,5-6,10H2,1-4H3. The second kappa shape index (κ2) is 7.71. The predicted molar refractivity (Wildman–Crippen MR) is 75.9 cm³/mol. The largest absolute Gasteiger partial charge is 0.377 e. The zero-order valence-corrected chi connectivity index (χ0v) is 12.5. The summed E-state index contributed by atoms with van der Waals surface area (Å²) in [5.74, 6) is 0.916. The predicted octanol–water partition coefficient (Wildman–Crippen LogP) is 2.36. The van der Waals surface area contributed by atoms with Gasteiger partial charge in [0, 0.05) is 31.3 Å². The minimum Gasteiger partial charge on any atom is -0.377 e. The van der Waals surface area contributed by atoms with E-state index in [0.29, 0.717) is 0 Å². The highest BCUT2D eigenvalue weighted by Gasteiger charge is 2.28. The topological polar surface area (TPSA) is 47.0 Å². The van der Waals surface area contributed by atoms with Crippen LogP contribution >= 0.6 is 11.8 Å². The quantitative estimate of drug-likeness (QED) is 0.734. The Balaban J connectivity index is 2.56. The molecule has 0 bridgehead atoms. The zero-order valence-electron chi connectivity index (χ0n) is 11.6. The molecule has 4 nitrogen and oxygen atoms in total.